The van der Waals surface area contributed by atoms with Crippen molar-refractivity contribution in [2.75, 3.05) is 20.7 Å². The Labute approximate surface area is 163 Å². The van der Waals surface area contributed by atoms with Crippen LogP contribution in [0.15, 0.2) is 48.5 Å². The van der Waals surface area contributed by atoms with E-state index < -0.39 is 0 Å². The molecule has 0 aliphatic carbocycles. The first-order chi connectivity index (χ1) is 13.6. The Morgan fingerprint density at radius 3 is 2.68 bits per heavy atom. The van der Waals surface area contributed by atoms with Crippen molar-refractivity contribution < 1.29 is 13.9 Å². The summed E-state index contributed by atoms with van der Waals surface area (Å²) in [5, 5.41) is 4.88. The Morgan fingerprint density at radius 1 is 1.18 bits per heavy atom. The molecular weight excluding hydrogens is 357 g/mol. The topological polar surface area (TPSA) is 47.4 Å². The van der Waals surface area contributed by atoms with Crippen LogP contribution in [0.5, 0.6) is 0 Å². The van der Waals surface area contributed by atoms with Gasteiger partial charge in [0.1, 0.15) is 5.82 Å². The summed E-state index contributed by atoms with van der Waals surface area (Å²) in [5.74, 6) is -0.629. The Bertz CT molecular complexity index is 1010. The number of nitrogens with zero attached hydrogens (tertiary/aromatic N) is 3. The third-order valence-corrected chi connectivity index (χ3v) is 5.15. The molecule has 0 radical (unpaired) electrons. The van der Waals surface area contributed by atoms with Crippen LogP contribution in [0.2, 0.25) is 0 Å². The molecule has 0 saturated carbocycles. The highest BCUT2D eigenvalue weighted by molar-refractivity contribution is 5.93. The van der Waals surface area contributed by atoms with Crippen LogP contribution in [0, 0.1) is 5.82 Å². The lowest BCUT2D eigenvalue weighted by molar-refractivity contribution is 0.0600. The number of likely N-dealkylation sites (N-methyl/N-ethyl adjacent to an activating group) is 1. The van der Waals surface area contributed by atoms with E-state index in [9.17, 15) is 9.18 Å². The van der Waals surface area contributed by atoms with Crippen LogP contribution in [0.1, 0.15) is 32.9 Å². The number of hydrogen-bond donors (Lipinski definition) is 0. The maximum Gasteiger partial charge on any atom is 0.340 e. The number of rotatable bonds is 4. The summed E-state index contributed by atoms with van der Waals surface area (Å²) >= 11 is 0. The Hall–Kier alpha value is -2.99. The van der Waals surface area contributed by atoms with Gasteiger partial charge in [-0.3, -0.25) is 0 Å². The first-order valence-electron chi connectivity index (χ1n) is 9.27. The number of carbonyl (C=O) groups is 1. The molecule has 0 bridgehead atoms. The van der Waals surface area contributed by atoms with Crippen LogP contribution in [0.4, 0.5) is 4.39 Å². The van der Waals surface area contributed by atoms with E-state index in [1.54, 1.807) is 18.2 Å². The molecule has 1 aliphatic heterocycles. The number of hydrogen-bond acceptors (Lipinski definition) is 4. The van der Waals surface area contributed by atoms with Gasteiger partial charge in [0.05, 0.1) is 29.7 Å². The average Bonchev–Trinajstić information content (AvgIpc) is 3.06. The van der Waals surface area contributed by atoms with Gasteiger partial charge in [-0.1, -0.05) is 24.3 Å². The number of fused-ring (bicyclic) bond motifs is 1. The van der Waals surface area contributed by atoms with Gasteiger partial charge in [0, 0.05) is 31.5 Å². The predicted octanol–water partition coefficient (Wildman–Crippen LogP) is 3.38. The van der Waals surface area contributed by atoms with Crippen LogP contribution in [-0.2, 0) is 24.1 Å². The van der Waals surface area contributed by atoms with E-state index in [4.69, 9.17) is 9.84 Å². The highest BCUT2D eigenvalue weighted by Crippen LogP contribution is 2.28. The maximum atomic E-state index is 13.3. The summed E-state index contributed by atoms with van der Waals surface area (Å²) in [6.07, 6.45) is 1.46. The van der Waals surface area contributed by atoms with Crippen LogP contribution >= 0.6 is 0 Å². The lowest BCUT2D eigenvalue weighted by Crippen LogP contribution is -2.27. The molecule has 3 aromatic rings. The molecule has 0 saturated heterocycles. The number of benzene rings is 2. The van der Waals surface area contributed by atoms with Gasteiger partial charge in [-0.2, -0.15) is 5.10 Å². The number of esters is 1. The standard InChI is InChI=1S/C22H22FN3O2/c1-25-12-11-21-18(14-25)19(13-15-7-9-16(23)10-8-15)24-26(21)20-6-4-3-5-17(20)22(27)28-2/h3-10H,11-14H2,1-2H3. The number of aromatic nitrogens is 2. The molecule has 0 atom stereocenters. The molecule has 6 heteroatoms. The zero-order valence-electron chi connectivity index (χ0n) is 16.0. The van der Waals surface area contributed by atoms with Crippen molar-refractivity contribution in [2.45, 2.75) is 19.4 Å². The first-order valence-corrected chi connectivity index (χ1v) is 9.27. The van der Waals surface area contributed by atoms with Gasteiger partial charge in [-0.25, -0.2) is 13.9 Å². The van der Waals surface area contributed by atoms with Crippen LogP contribution < -0.4 is 0 Å². The third kappa shape index (κ3) is 3.43. The quantitative estimate of drug-likeness (QED) is 0.652. The monoisotopic (exact) mass is 379 g/mol. The Kier molecular flexibility index (Phi) is 4.96. The molecule has 0 N–H and O–H groups in total. The molecule has 4 rings (SSSR count). The minimum atomic E-state index is -0.382. The van der Waals surface area contributed by atoms with Crippen molar-refractivity contribution in [2.24, 2.45) is 0 Å². The van der Waals surface area contributed by atoms with E-state index in [1.165, 1.54) is 24.8 Å². The van der Waals surface area contributed by atoms with Crippen molar-refractivity contribution in [1.82, 2.24) is 14.7 Å². The van der Waals surface area contributed by atoms with Gasteiger partial charge in [0.25, 0.3) is 0 Å². The van der Waals surface area contributed by atoms with Crippen molar-refractivity contribution in [3.8, 4) is 5.69 Å². The van der Waals surface area contributed by atoms with Crippen molar-refractivity contribution >= 4 is 5.97 Å². The van der Waals surface area contributed by atoms with Gasteiger partial charge in [0.2, 0.25) is 0 Å². The highest BCUT2D eigenvalue weighted by Gasteiger charge is 2.26. The number of ether oxygens (including phenoxy) is 1. The van der Waals surface area contributed by atoms with Crippen molar-refractivity contribution in [3.63, 3.8) is 0 Å². The van der Waals surface area contributed by atoms with Crippen molar-refractivity contribution in [3.05, 3.63) is 82.4 Å². The first kappa shape index (κ1) is 18.4. The number of carbonyl (C=O) groups excluding carboxylic acids is 1. The zero-order valence-corrected chi connectivity index (χ0v) is 16.0. The van der Waals surface area contributed by atoms with Gasteiger partial charge >= 0.3 is 5.97 Å². The van der Waals surface area contributed by atoms with Crippen LogP contribution in [0.25, 0.3) is 5.69 Å². The molecular formula is C22H22FN3O2. The lowest BCUT2D eigenvalue weighted by Gasteiger charge is -2.24. The van der Waals surface area contributed by atoms with Crippen molar-refractivity contribution in [1.29, 1.82) is 0 Å². The molecule has 1 aliphatic rings. The van der Waals surface area contributed by atoms with E-state index in [1.807, 2.05) is 22.9 Å². The Balaban J connectivity index is 1.81. The lowest BCUT2D eigenvalue weighted by atomic mass is 10.0. The normalized spacial score (nSPS) is 14.0. The SMILES string of the molecule is COC(=O)c1ccccc1-n1nc(Cc2ccc(F)cc2)c2c1CCN(C)C2. The minimum Gasteiger partial charge on any atom is -0.465 e. The predicted molar refractivity (Wildman–Crippen MR) is 104 cm³/mol. The summed E-state index contributed by atoms with van der Waals surface area (Å²) in [6, 6.07) is 13.9. The molecule has 28 heavy (non-hydrogen) atoms. The zero-order chi connectivity index (χ0) is 19.7. The second-order valence-corrected chi connectivity index (χ2v) is 7.08. The molecule has 2 aromatic carbocycles. The van der Waals surface area contributed by atoms with E-state index in [0.717, 1.165) is 42.1 Å². The Morgan fingerprint density at radius 2 is 1.93 bits per heavy atom. The second-order valence-electron chi connectivity index (χ2n) is 7.08. The van der Waals surface area contributed by atoms with Gasteiger partial charge < -0.3 is 9.64 Å². The summed E-state index contributed by atoms with van der Waals surface area (Å²) in [5.41, 5.74) is 5.46. The number of methoxy groups -OCH3 is 1. The van der Waals surface area contributed by atoms with Crippen LogP contribution in [0.3, 0.4) is 0 Å². The minimum absolute atomic E-state index is 0.247. The smallest absolute Gasteiger partial charge is 0.340 e. The molecule has 5 nitrogen and oxygen atoms in total. The fourth-order valence-electron chi connectivity index (χ4n) is 3.70. The molecule has 0 amide bonds. The fourth-order valence-corrected chi connectivity index (χ4v) is 3.70. The molecule has 1 aromatic heterocycles. The number of para-hydroxylation sites is 1. The van der Waals surface area contributed by atoms with Gasteiger partial charge in [0.15, 0.2) is 0 Å². The summed E-state index contributed by atoms with van der Waals surface area (Å²) < 4.78 is 20.1. The van der Waals surface area contributed by atoms with E-state index in [0.29, 0.717) is 12.0 Å². The summed E-state index contributed by atoms with van der Waals surface area (Å²) in [6.45, 7) is 1.72. The summed E-state index contributed by atoms with van der Waals surface area (Å²) in [7, 11) is 3.47. The van der Waals surface area contributed by atoms with Gasteiger partial charge in [-0.15, -0.1) is 0 Å². The molecule has 0 spiro atoms. The van der Waals surface area contributed by atoms with E-state index in [-0.39, 0.29) is 11.8 Å². The second kappa shape index (κ2) is 7.56. The van der Waals surface area contributed by atoms with Crippen LogP contribution in [-0.4, -0.2) is 41.4 Å². The maximum absolute atomic E-state index is 13.3. The fraction of sp³-hybridized carbons (Fsp3) is 0.273. The molecule has 144 valence electrons. The molecule has 0 fully saturated rings. The third-order valence-electron chi connectivity index (χ3n) is 5.15. The summed E-state index contributed by atoms with van der Waals surface area (Å²) in [4.78, 5) is 14.5. The van der Waals surface area contributed by atoms with Gasteiger partial charge in [-0.05, 0) is 36.9 Å². The van der Waals surface area contributed by atoms with E-state index >= 15 is 0 Å². The van der Waals surface area contributed by atoms with E-state index in [2.05, 4.69) is 11.9 Å². The average molecular weight is 379 g/mol. The molecule has 0 unspecified atom stereocenters. The largest absolute Gasteiger partial charge is 0.465 e. The molecule has 2 heterocycles. The number of halogens is 1. The highest BCUT2D eigenvalue weighted by atomic mass is 19.1.